The van der Waals surface area contributed by atoms with E-state index in [1.807, 2.05) is 31.2 Å². The van der Waals surface area contributed by atoms with Crippen LogP contribution in [0, 0.1) is 17.0 Å². The zero-order valence-electron chi connectivity index (χ0n) is 9.70. The molecule has 0 aliphatic rings. The van der Waals surface area contributed by atoms with Crippen LogP contribution < -0.4 is 4.18 Å². The summed E-state index contributed by atoms with van der Waals surface area (Å²) in [6.07, 6.45) is 0. The van der Waals surface area contributed by atoms with Crippen molar-refractivity contribution >= 4 is 17.7 Å². The minimum absolute atomic E-state index is 0.0305. The van der Waals surface area contributed by atoms with Crippen LogP contribution >= 0.6 is 12.0 Å². The first-order valence-electron chi connectivity index (χ1n) is 5.31. The zero-order chi connectivity index (χ0) is 13.0. The van der Waals surface area contributed by atoms with Gasteiger partial charge in [0.25, 0.3) is 0 Å². The number of hydrogen-bond acceptors (Lipinski definition) is 4. The third kappa shape index (κ3) is 3.01. The van der Waals surface area contributed by atoms with Crippen molar-refractivity contribution in [3.63, 3.8) is 0 Å². The molecular formula is C13H11NO3S. The van der Waals surface area contributed by atoms with Crippen molar-refractivity contribution in [2.75, 3.05) is 0 Å². The maximum Gasteiger partial charge on any atom is 0.312 e. The van der Waals surface area contributed by atoms with Crippen LogP contribution in [0.15, 0.2) is 53.4 Å². The highest BCUT2D eigenvalue weighted by Gasteiger charge is 2.14. The number of nitro benzene ring substituents is 1. The van der Waals surface area contributed by atoms with Gasteiger partial charge in [-0.2, -0.15) is 0 Å². The predicted molar refractivity (Wildman–Crippen MR) is 70.8 cm³/mol. The minimum Gasteiger partial charge on any atom is -0.413 e. The average Bonchev–Trinajstić information content (AvgIpc) is 2.38. The molecule has 0 heterocycles. The van der Waals surface area contributed by atoms with Gasteiger partial charge in [0.05, 0.1) is 17.0 Å². The van der Waals surface area contributed by atoms with Crippen molar-refractivity contribution < 1.29 is 9.11 Å². The van der Waals surface area contributed by atoms with Crippen LogP contribution in [0.5, 0.6) is 5.75 Å². The van der Waals surface area contributed by atoms with Gasteiger partial charge >= 0.3 is 5.69 Å². The largest absolute Gasteiger partial charge is 0.413 e. The fraction of sp³-hybridized carbons (Fsp3) is 0.0769. The number of aryl methyl sites for hydroxylation is 1. The van der Waals surface area contributed by atoms with E-state index in [4.69, 9.17) is 4.18 Å². The van der Waals surface area contributed by atoms with Gasteiger partial charge in [0.2, 0.25) is 5.75 Å². The molecule has 92 valence electrons. The van der Waals surface area contributed by atoms with E-state index in [2.05, 4.69) is 0 Å². The van der Waals surface area contributed by atoms with Gasteiger partial charge in [-0.1, -0.05) is 29.8 Å². The lowest BCUT2D eigenvalue weighted by Crippen LogP contribution is -1.91. The van der Waals surface area contributed by atoms with E-state index in [1.165, 1.54) is 6.07 Å². The molecule has 18 heavy (non-hydrogen) atoms. The number of benzene rings is 2. The maximum atomic E-state index is 10.8. The summed E-state index contributed by atoms with van der Waals surface area (Å²) in [5.41, 5.74) is 1.13. The summed E-state index contributed by atoms with van der Waals surface area (Å²) in [7, 11) is 0. The molecule has 0 aliphatic heterocycles. The summed E-state index contributed by atoms with van der Waals surface area (Å²) in [5.74, 6) is 0.257. The molecule has 4 nitrogen and oxygen atoms in total. The topological polar surface area (TPSA) is 52.4 Å². The number of nitrogens with zero attached hydrogens (tertiary/aromatic N) is 1. The molecule has 0 unspecified atom stereocenters. The highest BCUT2D eigenvalue weighted by molar-refractivity contribution is 7.95. The molecule has 0 fully saturated rings. The Hall–Kier alpha value is -2.01. The lowest BCUT2D eigenvalue weighted by atomic mass is 10.2. The molecule has 2 aromatic carbocycles. The third-order valence-electron chi connectivity index (χ3n) is 2.31. The summed E-state index contributed by atoms with van der Waals surface area (Å²) in [6, 6.07) is 14.1. The van der Waals surface area contributed by atoms with Gasteiger partial charge in [-0.05, 0) is 25.1 Å². The van der Waals surface area contributed by atoms with Crippen molar-refractivity contribution in [2.45, 2.75) is 11.8 Å². The van der Waals surface area contributed by atoms with E-state index in [9.17, 15) is 10.1 Å². The molecule has 0 aliphatic carbocycles. The van der Waals surface area contributed by atoms with Crippen LogP contribution in [0.3, 0.4) is 0 Å². The minimum atomic E-state index is -0.453. The molecule has 0 saturated heterocycles. The summed E-state index contributed by atoms with van der Waals surface area (Å²) in [4.78, 5) is 11.2. The first kappa shape index (κ1) is 12.4. The van der Waals surface area contributed by atoms with Gasteiger partial charge in [-0.3, -0.25) is 10.1 Å². The van der Waals surface area contributed by atoms with E-state index in [0.29, 0.717) is 0 Å². The Kier molecular flexibility index (Phi) is 3.84. The van der Waals surface area contributed by atoms with Crippen LogP contribution in [-0.4, -0.2) is 4.92 Å². The lowest BCUT2D eigenvalue weighted by molar-refractivity contribution is -0.385. The van der Waals surface area contributed by atoms with Crippen LogP contribution in [0.1, 0.15) is 5.56 Å². The van der Waals surface area contributed by atoms with Crippen molar-refractivity contribution in [2.24, 2.45) is 0 Å². The molecule has 0 aromatic heterocycles. The van der Waals surface area contributed by atoms with Gasteiger partial charge in [0.15, 0.2) is 0 Å². The summed E-state index contributed by atoms with van der Waals surface area (Å²) in [6.45, 7) is 2.00. The molecular weight excluding hydrogens is 250 g/mol. The predicted octanol–water partition coefficient (Wildman–Crippen LogP) is 3.99. The Labute approximate surface area is 109 Å². The van der Waals surface area contributed by atoms with Crippen molar-refractivity contribution in [3.8, 4) is 5.75 Å². The standard InChI is InChI=1S/C13H11NO3S/c1-10-6-8-11(9-7-10)18-17-13-5-3-2-4-12(13)14(15)16/h2-9H,1H3. The van der Waals surface area contributed by atoms with Gasteiger partial charge in [-0.15, -0.1) is 0 Å². The number of nitro groups is 1. The monoisotopic (exact) mass is 261 g/mol. The molecule has 0 spiro atoms. The molecule has 5 heteroatoms. The second-order valence-corrected chi connectivity index (χ2v) is 4.51. The maximum absolute atomic E-state index is 10.8. The first-order valence-corrected chi connectivity index (χ1v) is 6.05. The zero-order valence-corrected chi connectivity index (χ0v) is 10.5. The molecule has 0 saturated carbocycles. The Bertz CT molecular complexity index is 554. The fourth-order valence-electron chi connectivity index (χ4n) is 1.37. The van der Waals surface area contributed by atoms with E-state index >= 15 is 0 Å². The van der Waals surface area contributed by atoms with Crippen LogP contribution in [-0.2, 0) is 0 Å². The molecule has 0 bridgehead atoms. The molecule has 0 radical (unpaired) electrons. The molecule has 0 amide bonds. The van der Waals surface area contributed by atoms with Crippen molar-refractivity contribution in [1.29, 1.82) is 0 Å². The Balaban J connectivity index is 2.10. The Morgan fingerprint density at radius 3 is 2.44 bits per heavy atom. The van der Waals surface area contributed by atoms with Gasteiger partial charge < -0.3 is 4.18 Å². The molecule has 0 N–H and O–H groups in total. The van der Waals surface area contributed by atoms with E-state index in [-0.39, 0.29) is 11.4 Å². The summed E-state index contributed by atoms with van der Waals surface area (Å²) < 4.78 is 5.40. The van der Waals surface area contributed by atoms with E-state index in [0.717, 1.165) is 22.5 Å². The second-order valence-electron chi connectivity index (χ2n) is 3.70. The lowest BCUT2D eigenvalue weighted by Gasteiger charge is -2.04. The quantitative estimate of drug-likeness (QED) is 0.474. The van der Waals surface area contributed by atoms with Crippen LogP contribution in [0.2, 0.25) is 0 Å². The van der Waals surface area contributed by atoms with Crippen molar-refractivity contribution in [1.82, 2.24) is 0 Å². The third-order valence-corrected chi connectivity index (χ3v) is 3.04. The van der Waals surface area contributed by atoms with E-state index in [1.54, 1.807) is 18.2 Å². The van der Waals surface area contributed by atoms with Gasteiger partial charge in [-0.25, -0.2) is 0 Å². The normalized spacial score (nSPS) is 10.1. The van der Waals surface area contributed by atoms with Gasteiger partial charge in [0, 0.05) is 11.0 Å². The highest BCUT2D eigenvalue weighted by Crippen LogP contribution is 2.31. The average molecular weight is 261 g/mol. The Morgan fingerprint density at radius 2 is 1.78 bits per heavy atom. The molecule has 2 rings (SSSR count). The molecule has 0 atom stereocenters. The van der Waals surface area contributed by atoms with Crippen LogP contribution in [0.25, 0.3) is 0 Å². The van der Waals surface area contributed by atoms with E-state index < -0.39 is 4.92 Å². The second kappa shape index (κ2) is 5.55. The summed E-state index contributed by atoms with van der Waals surface area (Å²) in [5, 5.41) is 10.8. The van der Waals surface area contributed by atoms with Crippen molar-refractivity contribution in [3.05, 3.63) is 64.2 Å². The fourth-order valence-corrected chi connectivity index (χ4v) is 1.94. The first-order chi connectivity index (χ1) is 8.66. The highest BCUT2D eigenvalue weighted by atomic mass is 32.2. The number of hydrogen-bond donors (Lipinski definition) is 0. The molecule has 2 aromatic rings. The Morgan fingerprint density at radius 1 is 1.11 bits per heavy atom. The van der Waals surface area contributed by atoms with Gasteiger partial charge in [0.1, 0.15) is 0 Å². The number of para-hydroxylation sites is 2. The SMILES string of the molecule is Cc1ccc(SOc2ccccc2[N+](=O)[O-])cc1. The smallest absolute Gasteiger partial charge is 0.312 e. The summed E-state index contributed by atoms with van der Waals surface area (Å²) >= 11 is 1.11. The number of rotatable bonds is 4. The van der Waals surface area contributed by atoms with Crippen LogP contribution in [0.4, 0.5) is 5.69 Å².